The zero-order chi connectivity index (χ0) is 21.2. The first-order valence-corrected chi connectivity index (χ1v) is 12.2. The van der Waals surface area contributed by atoms with Crippen molar-refractivity contribution in [2.45, 2.75) is 122 Å². The van der Waals surface area contributed by atoms with E-state index in [0.717, 1.165) is 51.2 Å². The van der Waals surface area contributed by atoms with Crippen molar-refractivity contribution in [3.63, 3.8) is 0 Å². The molecule has 0 aromatic carbocycles. The highest BCUT2D eigenvalue weighted by molar-refractivity contribution is 5.66. The van der Waals surface area contributed by atoms with Crippen LogP contribution in [0.2, 0.25) is 0 Å². The van der Waals surface area contributed by atoms with Crippen molar-refractivity contribution in [2.24, 2.45) is 5.92 Å². The third-order valence-corrected chi connectivity index (χ3v) is 6.09. The molecule has 0 aromatic heterocycles. The number of rotatable bonds is 13. The molecule has 1 saturated heterocycles. The summed E-state index contributed by atoms with van der Waals surface area (Å²) in [5.41, 5.74) is 0. The molecule has 0 spiro atoms. The van der Waals surface area contributed by atoms with Gasteiger partial charge in [0.2, 0.25) is 0 Å². The second-order valence-corrected chi connectivity index (χ2v) is 8.67. The molecule has 0 atom stereocenters. The Bertz CT molecular complexity index is 421. The van der Waals surface area contributed by atoms with Gasteiger partial charge in [0.15, 0.2) is 5.79 Å². The zero-order valence-corrected chi connectivity index (χ0v) is 19.1. The fourth-order valence-corrected chi connectivity index (χ4v) is 4.29. The van der Waals surface area contributed by atoms with Crippen molar-refractivity contribution in [3.05, 3.63) is 12.2 Å². The SMILES string of the molecule is C/C=C\CCCC(=O)O.CCCCCCCC1(CCC2CCCC2)OCCCO1. The second-order valence-electron chi connectivity index (χ2n) is 8.67. The molecule has 0 unspecified atom stereocenters. The third-order valence-electron chi connectivity index (χ3n) is 6.09. The highest BCUT2D eigenvalue weighted by Crippen LogP contribution is 2.36. The minimum Gasteiger partial charge on any atom is -0.481 e. The summed E-state index contributed by atoms with van der Waals surface area (Å²) < 4.78 is 12.2. The smallest absolute Gasteiger partial charge is 0.303 e. The van der Waals surface area contributed by atoms with Gasteiger partial charge in [-0.1, -0.05) is 70.4 Å². The molecule has 1 aliphatic carbocycles. The second kappa shape index (κ2) is 16.9. The van der Waals surface area contributed by atoms with Crippen LogP contribution in [-0.2, 0) is 14.3 Å². The molecular formula is C25H46O4. The van der Waals surface area contributed by atoms with Crippen molar-refractivity contribution >= 4 is 5.97 Å². The van der Waals surface area contributed by atoms with Crippen LogP contribution in [0.15, 0.2) is 12.2 Å². The molecule has 4 nitrogen and oxygen atoms in total. The predicted molar refractivity (Wildman–Crippen MR) is 120 cm³/mol. The number of carboxylic acids is 1. The minimum absolute atomic E-state index is 0.215. The van der Waals surface area contributed by atoms with E-state index in [4.69, 9.17) is 14.6 Å². The number of allylic oxidation sites excluding steroid dienone is 2. The number of hydrogen-bond acceptors (Lipinski definition) is 3. The molecular weight excluding hydrogens is 364 g/mol. The minimum atomic E-state index is -0.709. The monoisotopic (exact) mass is 410 g/mol. The van der Waals surface area contributed by atoms with Gasteiger partial charge in [-0.3, -0.25) is 4.79 Å². The molecule has 170 valence electrons. The lowest BCUT2D eigenvalue weighted by Gasteiger charge is -2.38. The number of carboxylic acid groups (broad SMARTS) is 1. The highest BCUT2D eigenvalue weighted by atomic mass is 16.7. The molecule has 4 heteroatoms. The van der Waals surface area contributed by atoms with E-state index in [9.17, 15) is 4.79 Å². The molecule has 0 bridgehead atoms. The van der Waals surface area contributed by atoms with Gasteiger partial charge >= 0.3 is 5.97 Å². The third kappa shape index (κ3) is 13.1. The van der Waals surface area contributed by atoms with Crippen molar-refractivity contribution in [2.75, 3.05) is 13.2 Å². The van der Waals surface area contributed by atoms with Gasteiger partial charge in [0, 0.05) is 19.3 Å². The first kappa shape index (κ1) is 26.2. The van der Waals surface area contributed by atoms with E-state index in [-0.39, 0.29) is 12.2 Å². The Morgan fingerprint density at radius 3 is 2.31 bits per heavy atom. The van der Waals surface area contributed by atoms with Gasteiger partial charge in [-0.15, -0.1) is 0 Å². The van der Waals surface area contributed by atoms with E-state index in [2.05, 4.69) is 6.92 Å². The average Bonchev–Trinajstić information content (AvgIpc) is 3.25. The number of aliphatic carboxylic acids is 1. The van der Waals surface area contributed by atoms with E-state index in [0.29, 0.717) is 0 Å². The Hall–Kier alpha value is -0.870. The number of hydrogen-bond donors (Lipinski definition) is 1. The molecule has 0 radical (unpaired) electrons. The van der Waals surface area contributed by atoms with Gasteiger partial charge in [-0.25, -0.2) is 0 Å². The zero-order valence-electron chi connectivity index (χ0n) is 19.1. The summed E-state index contributed by atoms with van der Waals surface area (Å²) in [7, 11) is 0. The Morgan fingerprint density at radius 2 is 1.69 bits per heavy atom. The van der Waals surface area contributed by atoms with Crippen LogP contribution in [0.3, 0.4) is 0 Å². The van der Waals surface area contributed by atoms with E-state index in [1.807, 2.05) is 19.1 Å². The maximum Gasteiger partial charge on any atom is 0.303 e. The lowest BCUT2D eigenvalue weighted by Crippen LogP contribution is -2.41. The quantitative estimate of drug-likeness (QED) is 0.256. The lowest BCUT2D eigenvalue weighted by molar-refractivity contribution is -0.275. The van der Waals surface area contributed by atoms with Gasteiger partial charge in [-0.2, -0.15) is 0 Å². The molecule has 1 heterocycles. The van der Waals surface area contributed by atoms with Crippen LogP contribution in [0.4, 0.5) is 0 Å². The summed E-state index contributed by atoms with van der Waals surface area (Å²) in [5.74, 6) is 0.0214. The fraction of sp³-hybridized carbons (Fsp3) is 0.880. The predicted octanol–water partition coefficient (Wildman–Crippen LogP) is 7.27. The Morgan fingerprint density at radius 1 is 1.00 bits per heavy atom. The lowest BCUT2D eigenvalue weighted by atomic mass is 9.94. The van der Waals surface area contributed by atoms with Gasteiger partial charge in [0.1, 0.15) is 0 Å². The summed E-state index contributed by atoms with van der Waals surface area (Å²) in [6, 6.07) is 0. The molecule has 1 aliphatic heterocycles. The summed E-state index contributed by atoms with van der Waals surface area (Å²) in [6.45, 7) is 6.01. The Balaban J connectivity index is 0.000000396. The molecule has 2 rings (SSSR count). The first-order chi connectivity index (χ1) is 14.1. The molecule has 0 amide bonds. The van der Waals surface area contributed by atoms with E-state index in [1.165, 1.54) is 64.2 Å². The summed E-state index contributed by atoms with van der Waals surface area (Å²) in [6.07, 6.45) is 22.9. The largest absolute Gasteiger partial charge is 0.481 e. The van der Waals surface area contributed by atoms with Gasteiger partial charge in [0.05, 0.1) is 13.2 Å². The van der Waals surface area contributed by atoms with E-state index < -0.39 is 5.97 Å². The Labute approximate surface area is 179 Å². The first-order valence-electron chi connectivity index (χ1n) is 12.2. The summed E-state index contributed by atoms with van der Waals surface area (Å²) in [5, 5.41) is 8.19. The van der Waals surface area contributed by atoms with Crippen LogP contribution >= 0.6 is 0 Å². The molecule has 1 N–H and O–H groups in total. The number of carbonyl (C=O) groups is 1. The van der Waals surface area contributed by atoms with Crippen molar-refractivity contribution in [1.29, 1.82) is 0 Å². The average molecular weight is 411 g/mol. The van der Waals surface area contributed by atoms with Crippen LogP contribution in [0.1, 0.15) is 117 Å². The highest BCUT2D eigenvalue weighted by Gasteiger charge is 2.34. The summed E-state index contributed by atoms with van der Waals surface area (Å²) >= 11 is 0. The molecule has 0 aromatic rings. The molecule has 2 fully saturated rings. The number of unbranched alkanes of at least 4 members (excludes halogenated alkanes) is 5. The standard InChI is InChI=1S/C18H34O2.C7H12O2/c1-2-3-4-5-8-13-18(19-15-9-16-20-18)14-12-17-10-6-7-11-17;1-2-3-4-5-6-7(8)9/h17H,2-16H2,1H3;2-3H,4-6H2,1H3,(H,8,9)/b;3-2-. The molecule has 2 aliphatic rings. The molecule has 29 heavy (non-hydrogen) atoms. The van der Waals surface area contributed by atoms with Crippen LogP contribution in [-0.4, -0.2) is 30.1 Å². The van der Waals surface area contributed by atoms with Crippen LogP contribution in [0.25, 0.3) is 0 Å². The fourth-order valence-electron chi connectivity index (χ4n) is 4.29. The van der Waals surface area contributed by atoms with Gasteiger partial charge in [0.25, 0.3) is 0 Å². The van der Waals surface area contributed by atoms with Crippen molar-refractivity contribution in [3.8, 4) is 0 Å². The van der Waals surface area contributed by atoms with E-state index in [1.54, 1.807) is 0 Å². The van der Waals surface area contributed by atoms with E-state index >= 15 is 0 Å². The van der Waals surface area contributed by atoms with Gasteiger partial charge in [-0.05, 0) is 44.9 Å². The topological polar surface area (TPSA) is 55.8 Å². The maximum absolute atomic E-state index is 9.94. The van der Waals surface area contributed by atoms with Crippen LogP contribution < -0.4 is 0 Å². The normalized spacial score (nSPS) is 19.2. The van der Waals surface area contributed by atoms with Gasteiger partial charge < -0.3 is 14.6 Å². The summed E-state index contributed by atoms with van der Waals surface area (Å²) in [4.78, 5) is 9.94. The Kier molecular flexibility index (Phi) is 15.2. The molecule has 1 saturated carbocycles. The van der Waals surface area contributed by atoms with Crippen molar-refractivity contribution < 1.29 is 19.4 Å². The maximum atomic E-state index is 9.94. The van der Waals surface area contributed by atoms with Crippen LogP contribution in [0, 0.1) is 5.92 Å². The van der Waals surface area contributed by atoms with Crippen LogP contribution in [0.5, 0.6) is 0 Å². The number of ether oxygens (including phenoxy) is 2. The van der Waals surface area contributed by atoms with Crippen molar-refractivity contribution in [1.82, 2.24) is 0 Å².